The zero-order chi connectivity index (χ0) is 20.7. The van der Waals surface area contributed by atoms with Crippen LogP contribution in [0.1, 0.15) is 13.8 Å². The van der Waals surface area contributed by atoms with Gasteiger partial charge in [-0.2, -0.15) is 26.3 Å². The number of hydrogen-bond donors (Lipinski definition) is 2. The first-order chi connectivity index (χ1) is 12.4. The van der Waals surface area contributed by atoms with E-state index in [1.54, 1.807) is 31.3 Å². The highest BCUT2D eigenvalue weighted by Gasteiger charge is 2.37. The molecule has 0 spiro atoms. The highest BCUT2D eigenvalue weighted by atomic mass is 19.4. The van der Waals surface area contributed by atoms with Crippen LogP contribution in [-0.4, -0.2) is 35.1 Å². The Labute approximate surface area is 153 Å². The third-order valence-corrected chi connectivity index (χ3v) is 3.26. The van der Waals surface area contributed by atoms with Crippen molar-refractivity contribution in [3.63, 3.8) is 0 Å². The van der Waals surface area contributed by atoms with Gasteiger partial charge in [-0.3, -0.25) is 0 Å². The average molecular weight is 394 g/mol. The van der Waals surface area contributed by atoms with E-state index in [0.29, 0.717) is 18.0 Å². The molecule has 0 aliphatic heterocycles. The van der Waals surface area contributed by atoms with E-state index in [4.69, 9.17) is 5.11 Å². The van der Waals surface area contributed by atoms with Gasteiger partial charge in [-0.15, -0.1) is 0 Å². The van der Waals surface area contributed by atoms with Crippen LogP contribution in [0, 0.1) is 5.92 Å². The Morgan fingerprint density at radius 2 is 1.74 bits per heavy atom. The molecule has 0 radical (unpaired) electrons. The zero-order valence-electron chi connectivity index (χ0n) is 14.6. The third kappa shape index (κ3) is 8.76. The number of allylic oxidation sites excluding steroid dienone is 4. The summed E-state index contributed by atoms with van der Waals surface area (Å²) in [7, 11) is 0. The fourth-order valence-electron chi connectivity index (χ4n) is 1.95. The number of halogens is 6. The molecule has 0 aliphatic carbocycles. The molecular formula is C18H20F6N2O. The van der Waals surface area contributed by atoms with Gasteiger partial charge in [-0.25, -0.2) is 4.98 Å². The summed E-state index contributed by atoms with van der Waals surface area (Å²) in [5.41, 5.74) is -3.02. The molecule has 27 heavy (non-hydrogen) atoms. The number of aliphatic hydroxyl groups excluding tert-OH is 1. The Kier molecular flexibility index (Phi) is 8.08. The fourth-order valence-corrected chi connectivity index (χ4v) is 1.95. The minimum Gasteiger partial charge on any atom is -0.389 e. The third-order valence-electron chi connectivity index (χ3n) is 3.26. The lowest BCUT2D eigenvalue weighted by molar-refractivity contribution is -0.0938. The molecule has 0 aromatic carbocycles. The van der Waals surface area contributed by atoms with Crippen molar-refractivity contribution < 1.29 is 31.4 Å². The minimum absolute atomic E-state index is 0.0118. The lowest BCUT2D eigenvalue weighted by atomic mass is 10.1. The molecule has 0 fully saturated rings. The number of anilines is 1. The van der Waals surface area contributed by atoms with Gasteiger partial charge in [0.2, 0.25) is 0 Å². The van der Waals surface area contributed by atoms with Crippen LogP contribution < -0.4 is 5.32 Å². The summed E-state index contributed by atoms with van der Waals surface area (Å²) in [5, 5.41) is 12.0. The molecule has 3 nitrogen and oxygen atoms in total. The molecule has 2 unspecified atom stereocenters. The Morgan fingerprint density at radius 1 is 1.11 bits per heavy atom. The molecule has 1 aromatic heterocycles. The highest BCUT2D eigenvalue weighted by molar-refractivity contribution is 5.37. The van der Waals surface area contributed by atoms with Crippen LogP contribution in [0.5, 0.6) is 0 Å². The maximum atomic E-state index is 13.1. The summed E-state index contributed by atoms with van der Waals surface area (Å²) in [4.78, 5) is 4.00. The predicted octanol–water partition coefficient (Wildman–Crippen LogP) is 5.04. The molecule has 2 atom stereocenters. The molecule has 1 heterocycles. The summed E-state index contributed by atoms with van der Waals surface area (Å²) in [5.74, 6) is 0.122. The average Bonchev–Trinajstić information content (AvgIpc) is 2.54. The summed E-state index contributed by atoms with van der Waals surface area (Å²) in [6.45, 7) is 2.87. The van der Waals surface area contributed by atoms with Crippen molar-refractivity contribution in [3.05, 3.63) is 59.8 Å². The second kappa shape index (κ2) is 9.59. The standard InChI is InChI=1S/C18H20F6N2O/c1-12(11-26-16-5-3-4-8-25-16)6-7-14(17(19,20)21)10-15(9-13(2)27)18(22,23)24/h3-10,12-13,27H,11H2,1-2H3,(H,25,26)/b7-6+,14-10+,15-9+. The van der Waals surface area contributed by atoms with Crippen LogP contribution in [0.3, 0.4) is 0 Å². The molecule has 0 bridgehead atoms. The first-order valence-corrected chi connectivity index (χ1v) is 7.98. The molecular weight excluding hydrogens is 374 g/mol. The molecule has 0 aliphatic rings. The molecule has 9 heteroatoms. The fraction of sp³-hybridized carbons (Fsp3) is 0.389. The Morgan fingerprint density at radius 3 is 2.22 bits per heavy atom. The van der Waals surface area contributed by atoms with Crippen LogP contribution in [0.25, 0.3) is 0 Å². The van der Waals surface area contributed by atoms with Gasteiger partial charge in [0.05, 0.1) is 17.3 Å². The molecule has 0 saturated heterocycles. The SMILES string of the molecule is CC(O)\C=C(/C=C(\C=C\C(C)CNc1ccccn1)C(F)(F)F)C(F)(F)F. The minimum atomic E-state index is -5.02. The monoisotopic (exact) mass is 394 g/mol. The van der Waals surface area contributed by atoms with E-state index in [2.05, 4.69) is 10.3 Å². The number of aromatic nitrogens is 1. The van der Waals surface area contributed by atoms with E-state index in [9.17, 15) is 26.3 Å². The van der Waals surface area contributed by atoms with Crippen molar-refractivity contribution in [3.8, 4) is 0 Å². The van der Waals surface area contributed by atoms with Crippen molar-refractivity contribution in [2.45, 2.75) is 32.3 Å². The Bertz CT molecular complexity index is 675. The summed E-state index contributed by atoms with van der Waals surface area (Å²) in [6, 6.07) is 5.11. The summed E-state index contributed by atoms with van der Waals surface area (Å²) < 4.78 is 78.0. The van der Waals surface area contributed by atoms with Crippen LogP contribution in [0.15, 0.2) is 59.8 Å². The van der Waals surface area contributed by atoms with Crippen molar-refractivity contribution in [1.82, 2.24) is 4.98 Å². The second-order valence-electron chi connectivity index (χ2n) is 5.89. The van der Waals surface area contributed by atoms with Gasteiger partial charge in [-0.05, 0) is 37.1 Å². The van der Waals surface area contributed by atoms with Crippen LogP contribution in [0.2, 0.25) is 0 Å². The van der Waals surface area contributed by atoms with Crippen molar-refractivity contribution >= 4 is 5.82 Å². The number of alkyl halides is 6. The normalized spacial score (nSPS) is 16.5. The second-order valence-corrected chi connectivity index (χ2v) is 5.89. The van der Waals surface area contributed by atoms with E-state index in [1.165, 1.54) is 0 Å². The van der Waals surface area contributed by atoms with Crippen molar-refractivity contribution in [2.24, 2.45) is 5.92 Å². The van der Waals surface area contributed by atoms with Gasteiger partial charge in [0, 0.05) is 12.7 Å². The predicted molar refractivity (Wildman–Crippen MR) is 91.0 cm³/mol. The molecule has 2 N–H and O–H groups in total. The first kappa shape index (κ1) is 22.8. The van der Waals surface area contributed by atoms with Gasteiger partial charge in [-0.1, -0.05) is 25.1 Å². The Hall–Kier alpha value is -2.29. The van der Waals surface area contributed by atoms with E-state index in [-0.39, 0.29) is 12.6 Å². The number of hydrogen-bond acceptors (Lipinski definition) is 3. The Balaban J connectivity index is 2.98. The first-order valence-electron chi connectivity index (χ1n) is 7.98. The lowest BCUT2D eigenvalue weighted by Crippen LogP contribution is -2.17. The topological polar surface area (TPSA) is 45.1 Å². The van der Waals surface area contributed by atoms with Gasteiger partial charge in [0.25, 0.3) is 0 Å². The quantitative estimate of drug-likeness (QED) is 0.503. The van der Waals surface area contributed by atoms with Crippen LogP contribution in [0.4, 0.5) is 32.2 Å². The molecule has 0 amide bonds. The highest BCUT2D eigenvalue weighted by Crippen LogP contribution is 2.33. The molecule has 0 saturated carbocycles. The van der Waals surface area contributed by atoms with E-state index < -0.39 is 35.5 Å². The number of pyridine rings is 1. The van der Waals surface area contributed by atoms with Gasteiger partial charge < -0.3 is 10.4 Å². The molecule has 1 rings (SSSR count). The number of nitrogens with zero attached hydrogens (tertiary/aromatic N) is 1. The zero-order valence-corrected chi connectivity index (χ0v) is 14.6. The van der Waals surface area contributed by atoms with Crippen LogP contribution >= 0.6 is 0 Å². The summed E-state index contributed by atoms with van der Waals surface area (Å²) >= 11 is 0. The number of rotatable bonds is 7. The maximum absolute atomic E-state index is 13.1. The van der Waals surface area contributed by atoms with E-state index in [0.717, 1.165) is 13.0 Å². The number of aliphatic hydroxyl groups is 1. The van der Waals surface area contributed by atoms with Crippen molar-refractivity contribution in [2.75, 3.05) is 11.9 Å². The largest absolute Gasteiger partial charge is 0.416 e. The molecule has 1 aromatic rings. The van der Waals surface area contributed by atoms with Gasteiger partial charge >= 0.3 is 12.4 Å². The van der Waals surface area contributed by atoms with Crippen molar-refractivity contribution in [1.29, 1.82) is 0 Å². The summed E-state index contributed by atoms with van der Waals surface area (Å²) in [6.07, 6.45) is -7.93. The lowest BCUT2D eigenvalue weighted by Gasteiger charge is -2.14. The van der Waals surface area contributed by atoms with E-state index in [1.807, 2.05) is 0 Å². The number of nitrogens with one attached hydrogen (secondary N) is 1. The van der Waals surface area contributed by atoms with Gasteiger partial charge in [0.1, 0.15) is 5.82 Å². The smallest absolute Gasteiger partial charge is 0.389 e. The molecule has 150 valence electrons. The van der Waals surface area contributed by atoms with Crippen LogP contribution in [-0.2, 0) is 0 Å². The maximum Gasteiger partial charge on any atom is 0.416 e. The van der Waals surface area contributed by atoms with E-state index >= 15 is 0 Å². The van der Waals surface area contributed by atoms with Gasteiger partial charge in [0.15, 0.2) is 0 Å².